The third-order valence-electron chi connectivity index (χ3n) is 3.53. The predicted molar refractivity (Wildman–Crippen MR) is 83.7 cm³/mol. The zero-order valence-corrected chi connectivity index (χ0v) is 11.9. The molecule has 0 atom stereocenters. The maximum Gasteiger partial charge on any atom is 0.127 e. The number of hydrogen-bond acceptors (Lipinski definition) is 2. The SMILES string of the molecule is CNCc1ccc(Cc2ccc3ccccc3n2)c(F)c1. The third kappa shape index (κ3) is 3.09. The summed E-state index contributed by atoms with van der Waals surface area (Å²) in [7, 11) is 1.85. The summed E-state index contributed by atoms with van der Waals surface area (Å²) in [6.45, 7) is 0.672. The molecule has 0 aliphatic carbocycles. The van der Waals surface area contributed by atoms with E-state index in [1.807, 2.05) is 55.6 Å². The highest BCUT2D eigenvalue weighted by Crippen LogP contribution is 2.17. The van der Waals surface area contributed by atoms with E-state index in [1.165, 1.54) is 0 Å². The third-order valence-corrected chi connectivity index (χ3v) is 3.53. The van der Waals surface area contributed by atoms with Gasteiger partial charge in [-0.15, -0.1) is 0 Å². The molecule has 0 spiro atoms. The highest BCUT2D eigenvalue weighted by atomic mass is 19.1. The van der Waals surface area contributed by atoms with Crippen LogP contribution in [0.25, 0.3) is 10.9 Å². The summed E-state index contributed by atoms with van der Waals surface area (Å²) in [6.07, 6.45) is 0.510. The lowest BCUT2D eigenvalue weighted by Gasteiger charge is -2.07. The fourth-order valence-electron chi connectivity index (χ4n) is 2.45. The molecule has 3 aromatic rings. The van der Waals surface area contributed by atoms with Crippen LogP contribution >= 0.6 is 0 Å². The van der Waals surface area contributed by atoms with Gasteiger partial charge in [0.2, 0.25) is 0 Å². The Morgan fingerprint density at radius 2 is 1.90 bits per heavy atom. The normalized spacial score (nSPS) is 11.0. The molecule has 0 radical (unpaired) electrons. The lowest BCUT2D eigenvalue weighted by molar-refractivity contribution is 0.609. The van der Waals surface area contributed by atoms with Crippen LogP contribution in [0.4, 0.5) is 4.39 Å². The number of benzene rings is 2. The van der Waals surface area contributed by atoms with Crippen molar-refractivity contribution in [1.29, 1.82) is 0 Å². The Kier molecular flexibility index (Phi) is 3.93. The van der Waals surface area contributed by atoms with Crippen molar-refractivity contribution in [3.8, 4) is 0 Å². The van der Waals surface area contributed by atoms with Gasteiger partial charge in [-0.1, -0.05) is 36.4 Å². The van der Waals surface area contributed by atoms with E-state index < -0.39 is 0 Å². The molecular formula is C18H17FN2. The molecule has 1 N–H and O–H groups in total. The average Bonchev–Trinajstić information content (AvgIpc) is 2.50. The van der Waals surface area contributed by atoms with Crippen LogP contribution in [0.1, 0.15) is 16.8 Å². The van der Waals surface area contributed by atoms with E-state index in [1.54, 1.807) is 6.07 Å². The van der Waals surface area contributed by atoms with E-state index in [0.717, 1.165) is 22.2 Å². The standard InChI is InChI=1S/C18H17FN2/c1-20-12-13-6-7-15(17(19)10-13)11-16-9-8-14-4-2-3-5-18(14)21-16/h2-10,20H,11-12H2,1H3. The van der Waals surface area contributed by atoms with Crippen LogP contribution in [0.5, 0.6) is 0 Å². The predicted octanol–water partition coefficient (Wildman–Crippen LogP) is 3.68. The van der Waals surface area contributed by atoms with E-state index >= 15 is 0 Å². The van der Waals surface area contributed by atoms with Gasteiger partial charge in [-0.3, -0.25) is 4.98 Å². The summed E-state index contributed by atoms with van der Waals surface area (Å²) >= 11 is 0. The van der Waals surface area contributed by atoms with Gasteiger partial charge in [-0.25, -0.2) is 4.39 Å². The van der Waals surface area contributed by atoms with Crippen LogP contribution in [0.3, 0.4) is 0 Å². The fraction of sp³-hybridized carbons (Fsp3) is 0.167. The number of aromatic nitrogens is 1. The maximum atomic E-state index is 14.1. The van der Waals surface area contributed by atoms with Crippen molar-refractivity contribution in [3.05, 3.63) is 77.2 Å². The number of fused-ring (bicyclic) bond motifs is 1. The van der Waals surface area contributed by atoms with Crippen molar-refractivity contribution in [2.75, 3.05) is 7.05 Å². The monoisotopic (exact) mass is 280 g/mol. The van der Waals surface area contributed by atoms with Crippen LogP contribution < -0.4 is 5.32 Å². The van der Waals surface area contributed by atoms with Crippen molar-refractivity contribution in [1.82, 2.24) is 10.3 Å². The number of rotatable bonds is 4. The molecule has 106 valence electrons. The Hall–Kier alpha value is -2.26. The summed E-state index contributed by atoms with van der Waals surface area (Å²) in [5, 5.41) is 4.12. The van der Waals surface area contributed by atoms with Gasteiger partial charge in [0.15, 0.2) is 0 Å². The molecule has 0 unspecified atom stereocenters. The van der Waals surface area contributed by atoms with Gasteiger partial charge in [-0.2, -0.15) is 0 Å². The molecule has 2 aromatic carbocycles. The highest BCUT2D eigenvalue weighted by Gasteiger charge is 2.06. The van der Waals surface area contributed by atoms with Crippen molar-refractivity contribution in [2.24, 2.45) is 0 Å². The molecule has 0 aliphatic rings. The molecule has 0 saturated carbocycles. The second kappa shape index (κ2) is 6.02. The minimum Gasteiger partial charge on any atom is -0.316 e. The number of hydrogen-bond donors (Lipinski definition) is 1. The Bertz CT molecular complexity index is 768. The first-order valence-electron chi connectivity index (χ1n) is 7.03. The molecule has 0 saturated heterocycles. The van der Waals surface area contributed by atoms with Gasteiger partial charge in [-0.05, 0) is 36.4 Å². The van der Waals surface area contributed by atoms with Gasteiger partial charge in [0.05, 0.1) is 5.52 Å². The van der Waals surface area contributed by atoms with Gasteiger partial charge < -0.3 is 5.32 Å². The zero-order chi connectivity index (χ0) is 14.7. The number of nitrogens with one attached hydrogen (secondary N) is 1. The molecule has 1 aromatic heterocycles. The van der Waals surface area contributed by atoms with Crippen molar-refractivity contribution in [2.45, 2.75) is 13.0 Å². The first-order chi connectivity index (χ1) is 10.3. The average molecular weight is 280 g/mol. The minimum absolute atomic E-state index is 0.169. The molecule has 3 heteroatoms. The van der Waals surface area contributed by atoms with E-state index in [-0.39, 0.29) is 5.82 Å². The molecule has 3 rings (SSSR count). The second-order valence-corrected chi connectivity index (χ2v) is 5.13. The molecule has 1 heterocycles. The smallest absolute Gasteiger partial charge is 0.127 e. The maximum absolute atomic E-state index is 14.1. The molecule has 0 aliphatic heterocycles. The molecule has 21 heavy (non-hydrogen) atoms. The number of halogens is 1. The molecule has 0 amide bonds. The second-order valence-electron chi connectivity index (χ2n) is 5.13. The first kappa shape index (κ1) is 13.7. The van der Waals surface area contributed by atoms with Crippen molar-refractivity contribution >= 4 is 10.9 Å². The van der Waals surface area contributed by atoms with Gasteiger partial charge >= 0.3 is 0 Å². The Morgan fingerprint density at radius 3 is 2.71 bits per heavy atom. The first-order valence-corrected chi connectivity index (χ1v) is 7.03. The van der Waals surface area contributed by atoms with Gasteiger partial charge in [0, 0.05) is 24.0 Å². The lowest BCUT2D eigenvalue weighted by Crippen LogP contribution is -2.06. The fourth-order valence-corrected chi connectivity index (χ4v) is 2.45. The van der Waals surface area contributed by atoms with E-state index in [0.29, 0.717) is 18.5 Å². The van der Waals surface area contributed by atoms with Crippen LogP contribution in [-0.2, 0) is 13.0 Å². The van der Waals surface area contributed by atoms with Gasteiger partial charge in [0.25, 0.3) is 0 Å². The van der Waals surface area contributed by atoms with Crippen molar-refractivity contribution < 1.29 is 4.39 Å². The topological polar surface area (TPSA) is 24.9 Å². The molecular weight excluding hydrogens is 263 g/mol. The van der Waals surface area contributed by atoms with Crippen LogP contribution in [0.2, 0.25) is 0 Å². The largest absolute Gasteiger partial charge is 0.316 e. The summed E-state index contributed by atoms with van der Waals surface area (Å²) in [4.78, 5) is 4.59. The van der Waals surface area contributed by atoms with E-state index in [2.05, 4.69) is 10.3 Å². The number of nitrogens with zero attached hydrogens (tertiary/aromatic N) is 1. The summed E-state index contributed by atoms with van der Waals surface area (Å²) in [5.74, 6) is -0.169. The summed E-state index contributed by atoms with van der Waals surface area (Å²) < 4.78 is 14.1. The Balaban J connectivity index is 1.87. The Labute approximate surface area is 123 Å². The van der Waals surface area contributed by atoms with Gasteiger partial charge in [0.1, 0.15) is 5.82 Å². The zero-order valence-electron chi connectivity index (χ0n) is 11.9. The lowest BCUT2D eigenvalue weighted by atomic mass is 10.1. The Morgan fingerprint density at radius 1 is 1.05 bits per heavy atom. The summed E-state index contributed by atoms with van der Waals surface area (Å²) in [5.41, 5.74) is 3.46. The quantitative estimate of drug-likeness (QED) is 0.788. The number of pyridine rings is 1. The minimum atomic E-state index is -0.169. The van der Waals surface area contributed by atoms with E-state index in [9.17, 15) is 4.39 Å². The molecule has 0 fully saturated rings. The van der Waals surface area contributed by atoms with Crippen LogP contribution in [0.15, 0.2) is 54.6 Å². The molecule has 2 nitrogen and oxygen atoms in total. The molecule has 0 bridgehead atoms. The number of para-hydroxylation sites is 1. The van der Waals surface area contributed by atoms with Crippen molar-refractivity contribution in [3.63, 3.8) is 0 Å². The highest BCUT2D eigenvalue weighted by molar-refractivity contribution is 5.78. The van der Waals surface area contributed by atoms with E-state index in [4.69, 9.17) is 0 Å². The van der Waals surface area contributed by atoms with Crippen LogP contribution in [-0.4, -0.2) is 12.0 Å². The summed E-state index contributed by atoms with van der Waals surface area (Å²) in [6, 6.07) is 17.3. The van der Waals surface area contributed by atoms with Crippen LogP contribution in [0, 0.1) is 5.82 Å².